The number of amides is 1. The van der Waals surface area contributed by atoms with Gasteiger partial charge in [0, 0.05) is 34.8 Å². The van der Waals surface area contributed by atoms with Crippen molar-refractivity contribution in [2.45, 2.75) is 131 Å². The fraction of sp³-hybridized carbons (Fsp3) is 0.568. The first-order chi connectivity index (χ1) is 21.1. The second kappa shape index (κ2) is 21.7. The average Bonchev–Trinajstić information content (AvgIpc) is 2.87. The summed E-state index contributed by atoms with van der Waals surface area (Å²) >= 11 is 5.95. The molecule has 0 bridgehead atoms. The Hall–Kier alpha value is -2.27. The van der Waals surface area contributed by atoms with Gasteiger partial charge in [0.2, 0.25) is 0 Å². The van der Waals surface area contributed by atoms with Crippen molar-refractivity contribution in [2.24, 2.45) is 5.73 Å². The van der Waals surface area contributed by atoms with E-state index in [4.69, 9.17) is 22.1 Å². The van der Waals surface area contributed by atoms with Gasteiger partial charge in [0.05, 0.1) is 33.5 Å². The third-order valence-corrected chi connectivity index (χ3v) is 5.48. The first-order valence-electron chi connectivity index (χ1n) is 15.7. The van der Waals surface area contributed by atoms with E-state index < -0.39 is 17.3 Å². The Morgan fingerprint density at radius 1 is 0.688 bits per heavy atom. The normalized spacial score (nSPS) is 11.2. The molecule has 48 heavy (non-hydrogen) atoms. The molecule has 5 N–H and O–H groups in total. The first-order valence-corrected chi connectivity index (χ1v) is 16.1. The molecular formula is C37H62ClN6NaO3. The van der Waals surface area contributed by atoms with E-state index in [1.165, 1.54) is 7.05 Å². The molecule has 0 saturated heterocycles. The SMILES string of the molecule is CC(C)(C)OC(=O)Nc1cccnc1C(C)(C)C.CC(C)(C)[O-].CC(C)(C)c1ncccc1Cl.CC(C)(C)c1ncccc1N.CN.[Na+]. The van der Waals surface area contributed by atoms with Gasteiger partial charge in [-0.3, -0.25) is 20.3 Å². The van der Waals surface area contributed by atoms with Crippen molar-refractivity contribution >= 4 is 29.1 Å². The number of anilines is 2. The summed E-state index contributed by atoms with van der Waals surface area (Å²) in [5, 5.41) is 13.6. The summed E-state index contributed by atoms with van der Waals surface area (Å²) in [4.78, 5) is 24.5. The summed E-state index contributed by atoms with van der Waals surface area (Å²) in [6.07, 6.45) is 4.81. The minimum absolute atomic E-state index is 0. The Kier molecular flexibility index (Phi) is 22.7. The summed E-state index contributed by atoms with van der Waals surface area (Å²) in [6, 6.07) is 11.1. The Labute approximate surface area is 318 Å². The molecule has 3 heterocycles. The number of aromatic nitrogens is 3. The maximum atomic E-state index is 11.7. The fourth-order valence-corrected chi connectivity index (χ4v) is 3.90. The van der Waals surface area contributed by atoms with Crippen LogP contribution in [0.15, 0.2) is 55.0 Å². The molecule has 0 radical (unpaired) electrons. The number of hydrogen-bond acceptors (Lipinski definition) is 8. The van der Waals surface area contributed by atoms with E-state index in [9.17, 15) is 9.90 Å². The van der Waals surface area contributed by atoms with Gasteiger partial charge in [-0.05, 0) is 64.2 Å². The number of nitrogens with zero attached hydrogens (tertiary/aromatic N) is 3. The number of rotatable bonds is 1. The van der Waals surface area contributed by atoms with Crippen LogP contribution in [0.2, 0.25) is 5.02 Å². The Bertz CT molecular complexity index is 1280. The topological polar surface area (TPSA) is 152 Å². The fourth-order valence-electron chi connectivity index (χ4n) is 3.50. The second-order valence-corrected chi connectivity index (χ2v) is 16.1. The van der Waals surface area contributed by atoms with E-state index in [-0.39, 0.29) is 45.8 Å². The molecule has 3 rings (SSSR count). The van der Waals surface area contributed by atoms with Crippen LogP contribution < -0.4 is 51.4 Å². The summed E-state index contributed by atoms with van der Waals surface area (Å²) in [5.74, 6) is 0. The van der Waals surface area contributed by atoms with Gasteiger partial charge in [-0.25, -0.2) is 4.79 Å². The van der Waals surface area contributed by atoms with Crippen molar-refractivity contribution in [1.29, 1.82) is 0 Å². The van der Waals surface area contributed by atoms with E-state index in [1.807, 2.05) is 51.1 Å². The molecule has 0 aliphatic rings. The van der Waals surface area contributed by atoms with E-state index in [2.05, 4.69) is 88.3 Å². The van der Waals surface area contributed by atoms with Crippen LogP contribution >= 0.6 is 11.6 Å². The number of carbonyl (C=O) groups excluding carboxylic acids is 1. The summed E-state index contributed by atoms with van der Waals surface area (Å²) < 4.78 is 5.23. The molecular weight excluding hydrogens is 635 g/mol. The third-order valence-electron chi connectivity index (χ3n) is 5.17. The minimum atomic E-state index is -0.750. The molecule has 0 aliphatic heterocycles. The molecule has 11 heteroatoms. The summed E-state index contributed by atoms with van der Waals surface area (Å²) in [5.41, 5.74) is 13.2. The quantitative estimate of drug-likeness (QED) is 0.285. The molecule has 9 nitrogen and oxygen atoms in total. The number of halogens is 1. The Balaban J connectivity index is -0.000000589. The number of nitrogens with two attached hydrogens (primary N) is 2. The Morgan fingerprint density at radius 2 is 1.04 bits per heavy atom. The summed E-state index contributed by atoms with van der Waals surface area (Å²) in [6.45, 7) is 29.2. The van der Waals surface area contributed by atoms with Gasteiger partial charge in [-0.1, -0.05) is 94.7 Å². The van der Waals surface area contributed by atoms with Crippen LogP contribution in [-0.4, -0.2) is 39.3 Å². The van der Waals surface area contributed by atoms with Crippen molar-refractivity contribution in [3.05, 3.63) is 77.1 Å². The number of ether oxygens (including phenoxy) is 1. The van der Waals surface area contributed by atoms with Gasteiger partial charge in [0.1, 0.15) is 5.60 Å². The number of nitrogens with one attached hydrogen (secondary N) is 1. The average molecular weight is 697 g/mol. The molecule has 0 unspecified atom stereocenters. The van der Waals surface area contributed by atoms with Crippen LogP contribution in [0.3, 0.4) is 0 Å². The van der Waals surface area contributed by atoms with Crippen LogP contribution in [0.25, 0.3) is 0 Å². The molecule has 0 atom stereocenters. The molecule has 0 aromatic carbocycles. The number of pyridine rings is 3. The van der Waals surface area contributed by atoms with Crippen molar-refractivity contribution in [2.75, 3.05) is 18.1 Å². The van der Waals surface area contributed by atoms with Crippen LogP contribution in [-0.2, 0) is 21.0 Å². The number of nitrogen functional groups attached to an aromatic ring is 1. The molecule has 266 valence electrons. The molecule has 0 fully saturated rings. The monoisotopic (exact) mass is 696 g/mol. The van der Waals surface area contributed by atoms with Crippen LogP contribution in [0.4, 0.5) is 16.2 Å². The molecule has 0 saturated carbocycles. The van der Waals surface area contributed by atoms with E-state index >= 15 is 0 Å². The molecule has 0 aliphatic carbocycles. The van der Waals surface area contributed by atoms with Crippen molar-refractivity contribution in [1.82, 2.24) is 15.0 Å². The second-order valence-electron chi connectivity index (χ2n) is 15.7. The predicted octanol–water partition coefficient (Wildman–Crippen LogP) is 5.44. The molecule has 3 aromatic rings. The zero-order valence-electron chi connectivity index (χ0n) is 32.8. The maximum absolute atomic E-state index is 11.7. The molecule has 1 amide bonds. The van der Waals surface area contributed by atoms with Gasteiger partial charge < -0.3 is 21.3 Å². The molecule has 0 spiro atoms. The van der Waals surface area contributed by atoms with Crippen molar-refractivity contribution in [3.8, 4) is 0 Å². The van der Waals surface area contributed by atoms with Gasteiger partial charge >= 0.3 is 35.7 Å². The van der Waals surface area contributed by atoms with Crippen molar-refractivity contribution in [3.63, 3.8) is 0 Å². The zero-order chi connectivity index (χ0) is 37.4. The largest absolute Gasteiger partial charge is 1.00 e. The maximum Gasteiger partial charge on any atom is 1.00 e. The molecule has 3 aromatic heterocycles. The van der Waals surface area contributed by atoms with Gasteiger partial charge in [0.25, 0.3) is 0 Å². The van der Waals surface area contributed by atoms with Gasteiger partial charge in [-0.2, -0.15) is 0 Å². The summed E-state index contributed by atoms with van der Waals surface area (Å²) in [7, 11) is 1.50. The number of hydrogen-bond donors (Lipinski definition) is 3. The zero-order valence-corrected chi connectivity index (χ0v) is 35.6. The van der Waals surface area contributed by atoms with Crippen molar-refractivity contribution < 1.29 is 44.2 Å². The van der Waals surface area contributed by atoms with Crippen LogP contribution in [0.1, 0.15) is 121 Å². The third kappa shape index (κ3) is 24.0. The smallest absolute Gasteiger partial charge is 0.850 e. The van der Waals surface area contributed by atoms with E-state index in [0.717, 1.165) is 27.8 Å². The van der Waals surface area contributed by atoms with E-state index in [1.54, 1.807) is 45.4 Å². The van der Waals surface area contributed by atoms with Gasteiger partial charge in [0.15, 0.2) is 0 Å². The van der Waals surface area contributed by atoms with Crippen LogP contribution in [0.5, 0.6) is 0 Å². The van der Waals surface area contributed by atoms with Gasteiger partial charge in [-0.15, -0.1) is 5.60 Å². The van der Waals surface area contributed by atoms with E-state index in [0.29, 0.717) is 5.69 Å². The minimum Gasteiger partial charge on any atom is -0.850 e. The predicted molar refractivity (Wildman–Crippen MR) is 198 cm³/mol. The van der Waals surface area contributed by atoms with Crippen LogP contribution in [0, 0.1) is 0 Å². The number of carbonyl (C=O) groups is 1. The standard InChI is InChI=1S/C14H22N2O2.C9H12ClN.C9H14N2.C4H9O.CH5N.Na/c1-13(2,3)11-10(8-7-9-15-11)16-12(17)18-14(4,5)6;2*1-9(2,3)8-7(10)5-4-6-11-8;1-4(2,3)5;1-2;/h7-9H,1-6H3,(H,16,17);4-6H,1-3H3;4-6H,10H2,1-3H3;1-3H3;2H2,1H3;/q;;;-1;;+1. The first kappa shape index (κ1) is 50.1. The Morgan fingerprint density at radius 3 is 1.35 bits per heavy atom.